The summed E-state index contributed by atoms with van der Waals surface area (Å²) in [7, 11) is 0. The van der Waals surface area contributed by atoms with Gasteiger partial charge in [-0.25, -0.2) is 4.98 Å². The molecule has 1 aromatic carbocycles. The first-order valence-electron chi connectivity index (χ1n) is 7.17. The molecule has 2 aromatic rings. The average Bonchev–Trinajstić information content (AvgIpc) is 2.56. The van der Waals surface area contributed by atoms with Gasteiger partial charge in [0.1, 0.15) is 5.82 Å². The zero-order valence-corrected chi connectivity index (χ0v) is 11.9. The predicted octanol–water partition coefficient (Wildman–Crippen LogP) is 2.73. The van der Waals surface area contributed by atoms with Crippen molar-refractivity contribution in [2.24, 2.45) is 0 Å². The van der Waals surface area contributed by atoms with E-state index < -0.39 is 0 Å². The van der Waals surface area contributed by atoms with Gasteiger partial charge in [-0.1, -0.05) is 30.3 Å². The van der Waals surface area contributed by atoms with E-state index in [1.165, 1.54) is 0 Å². The number of aromatic nitrogens is 1. The summed E-state index contributed by atoms with van der Waals surface area (Å²) < 4.78 is 0. The van der Waals surface area contributed by atoms with Gasteiger partial charge in [0.25, 0.3) is 0 Å². The molecule has 1 saturated heterocycles. The van der Waals surface area contributed by atoms with Crippen LogP contribution in [0, 0.1) is 11.3 Å². The number of nitrogens with zero attached hydrogens (tertiary/aromatic N) is 3. The zero-order valence-electron chi connectivity index (χ0n) is 11.9. The Kier molecular flexibility index (Phi) is 3.49. The van der Waals surface area contributed by atoms with Crippen LogP contribution in [-0.4, -0.2) is 18.1 Å². The molecule has 2 heterocycles. The number of pyridine rings is 1. The molecule has 1 aliphatic heterocycles. The van der Waals surface area contributed by atoms with Crippen LogP contribution in [0.1, 0.15) is 18.4 Å². The summed E-state index contributed by atoms with van der Waals surface area (Å²) in [5.41, 5.74) is 7.28. The molecule has 0 atom stereocenters. The number of rotatable bonds is 2. The van der Waals surface area contributed by atoms with Crippen LogP contribution in [0.25, 0.3) is 0 Å². The van der Waals surface area contributed by atoms with E-state index in [9.17, 15) is 5.26 Å². The number of benzene rings is 1. The highest BCUT2D eigenvalue weighted by molar-refractivity contribution is 5.51. The average molecular weight is 278 g/mol. The number of hydrogen-bond donors (Lipinski definition) is 1. The lowest BCUT2D eigenvalue weighted by Crippen LogP contribution is -2.42. The van der Waals surface area contributed by atoms with Gasteiger partial charge in [0.2, 0.25) is 0 Å². The number of anilines is 2. The van der Waals surface area contributed by atoms with E-state index in [1.54, 1.807) is 12.3 Å². The fourth-order valence-corrected chi connectivity index (χ4v) is 2.95. The Balaban J connectivity index is 1.79. The van der Waals surface area contributed by atoms with E-state index in [0.717, 1.165) is 43.0 Å². The highest BCUT2D eigenvalue weighted by Gasteiger charge is 2.36. The first-order chi connectivity index (χ1) is 10.2. The second-order valence-corrected chi connectivity index (χ2v) is 5.49. The van der Waals surface area contributed by atoms with Crippen LogP contribution >= 0.6 is 0 Å². The van der Waals surface area contributed by atoms with Crippen molar-refractivity contribution in [3.63, 3.8) is 0 Å². The third kappa shape index (κ3) is 2.55. The molecule has 1 fully saturated rings. The lowest BCUT2D eigenvalue weighted by molar-refractivity contribution is 0.414. The fraction of sp³-hybridized carbons (Fsp3) is 0.294. The Morgan fingerprint density at radius 3 is 2.48 bits per heavy atom. The second kappa shape index (κ2) is 5.45. The van der Waals surface area contributed by atoms with Gasteiger partial charge in [0.15, 0.2) is 0 Å². The summed E-state index contributed by atoms with van der Waals surface area (Å²) in [6.07, 6.45) is 3.35. The standard InChI is InChI=1S/C17H18N4/c18-13-17(14-4-2-1-3-5-14)7-10-21(11-8-17)16-12-15(19)6-9-20-16/h1-6,9,12H,7-8,10-11H2,(H2,19,20). The van der Waals surface area contributed by atoms with E-state index in [4.69, 9.17) is 5.73 Å². The van der Waals surface area contributed by atoms with Crippen molar-refractivity contribution < 1.29 is 0 Å². The summed E-state index contributed by atoms with van der Waals surface area (Å²) in [5, 5.41) is 9.69. The second-order valence-electron chi connectivity index (χ2n) is 5.49. The number of nitriles is 1. The van der Waals surface area contributed by atoms with Crippen LogP contribution in [0.2, 0.25) is 0 Å². The van der Waals surface area contributed by atoms with Crippen LogP contribution in [-0.2, 0) is 5.41 Å². The summed E-state index contributed by atoms with van der Waals surface area (Å²) in [4.78, 5) is 6.58. The van der Waals surface area contributed by atoms with Crippen molar-refractivity contribution in [2.45, 2.75) is 18.3 Å². The monoisotopic (exact) mass is 278 g/mol. The molecule has 0 amide bonds. The molecule has 0 unspecified atom stereocenters. The Bertz CT molecular complexity index is 652. The van der Waals surface area contributed by atoms with Gasteiger partial charge >= 0.3 is 0 Å². The maximum Gasteiger partial charge on any atom is 0.130 e. The number of hydrogen-bond acceptors (Lipinski definition) is 4. The maximum atomic E-state index is 9.69. The van der Waals surface area contributed by atoms with E-state index >= 15 is 0 Å². The smallest absolute Gasteiger partial charge is 0.130 e. The molecular formula is C17H18N4. The maximum absolute atomic E-state index is 9.69. The Morgan fingerprint density at radius 1 is 1.14 bits per heavy atom. The van der Waals surface area contributed by atoms with E-state index in [0.29, 0.717) is 0 Å². The summed E-state index contributed by atoms with van der Waals surface area (Å²) >= 11 is 0. The molecule has 106 valence electrons. The van der Waals surface area contributed by atoms with E-state index in [1.807, 2.05) is 24.3 Å². The zero-order chi connectivity index (χ0) is 14.7. The number of nitrogen functional groups attached to an aromatic ring is 1. The SMILES string of the molecule is N#CC1(c2ccccc2)CCN(c2cc(N)ccn2)CC1. The minimum Gasteiger partial charge on any atom is -0.399 e. The molecular weight excluding hydrogens is 260 g/mol. The van der Waals surface area contributed by atoms with Crippen LogP contribution in [0.4, 0.5) is 11.5 Å². The van der Waals surface area contributed by atoms with E-state index in [-0.39, 0.29) is 5.41 Å². The van der Waals surface area contributed by atoms with Gasteiger partial charge in [-0.2, -0.15) is 5.26 Å². The van der Waals surface area contributed by atoms with Crippen molar-refractivity contribution in [3.05, 3.63) is 54.2 Å². The number of piperidine rings is 1. The van der Waals surface area contributed by atoms with Crippen LogP contribution in [0.5, 0.6) is 0 Å². The van der Waals surface area contributed by atoms with Crippen molar-refractivity contribution in [1.29, 1.82) is 5.26 Å². The summed E-state index contributed by atoms with van der Waals surface area (Å²) in [6.45, 7) is 1.64. The van der Waals surface area contributed by atoms with Crippen LogP contribution in [0.3, 0.4) is 0 Å². The molecule has 0 aliphatic carbocycles. The Labute approximate surface area is 124 Å². The molecule has 3 rings (SSSR count). The van der Waals surface area contributed by atoms with Crippen molar-refractivity contribution in [3.8, 4) is 6.07 Å². The highest BCUT2D eigenvalue weighted by atomic mass is 15.2. The fourth-order valence-electron chi connectivity index (χ4n) is 2.95. The van der Waals surface area contributed by atoms with Crippen molar-refractivity contribution in [1.82, 2.24) is 4.98 Å². The largest absolute Gasteiger partial charge is 0.399 e. The minimum absolute atomic E-state index is 0.377. The number of nitrogens with two attached hydrogens (primary N) is 1. The van der Waals surface area contributed by atoms with Gasteiger partial charge in [-0.3, -0.25) is 0 Å². The molecule has 21 heavy (non-hydrogen) atoms. The first kappa shape index (κ1) is 13.4. The topological polar surface area (TPSA) is 65.9 Å². The Morgan fingerprint density at radius 2 is 1.86 bits per heavy atom. The van der Waals surface area contributed by atoms with Crippen molar-refractivity contribution in [2.75, 3.05) is 23.7 Å². The molecule has 2 N–H and O–H groups in total. The van der Waals surface area contributed by atoms with E-state index in [2.05, 4.69) is 28.1 Å². The molecule has 0 radical (unpaired) electrons. The normalized spacial score (nSPS) is 17.2. The highest BCUT2D eigenvalue weighted by Crippen LogP contribution is 2.36. The lowest BCUT2D eigenvalue weighted by Gasteiger charge is -2.38. The summed E-state index contributed by atoms with van der Waals surface area (Å²) in [6, 6.07) is 16.3. The van der Waals surface area contributed by atoms with Gasteiger partial charge < -0.3 is 10.6 Å². The molecule has 4 nitrogen and oxygen atoms in total. The van der Waals surface area contributed by atoms with Gasteiger partial charge in [0.05, 0.1) is 11.5 Å². The summed E-state index contributed by atoms with van der Waals surface area (Å²) in [5.74, 6) is 0.898. The first-order valence-corrected chi connectivity index (χ1v) is 7.17. The van der Waals surface area contributed by atoms with Crippen LogP contribution < -0.4 is 10.6 Å². The quantitative estimate of drug-likeness (QED) is 0.917. The molecule has 1 aromatic heterocycles. The van der Waals surface area contributed by atoms with Gasteiger partial charge in [-0.05, 0) is 24.5 Å². The van der Waals surface area contributed by atoms with Gasteiger partial charge in [-0.15, -0.1) is 0 Å². The molecule has 4 heteroatoms. The Hall–Kier alpha value is -2.54. The molecule has 1 aliphatic rings. The molecule has 0 spiro atoms. The van der Waals surface area contributed by atoms with Crippen molar-refractivity contribution >= 4 is 11.5 Å². The predicted molar refractivity (Wildman–Crippen MR) is 83.8 cm³/mol. The van der Waals surface area contributed by atoms with Gasteiger partial charge in [0, 0.05) is 31.0 Å². The molecule has 0 bridgehead atoms. The third-order valence-electron chi connectivity index (χ3n) is 4.25. The van der Waals surface area contributed by atoms with Crippen LogP contribution in [0.15, 0.2) is 48.7 Å². The lowest BCUT2D eigenvalue weighted by atomic mass is 9.74. The third-order valence-corrected chi connectivity index (χ3v) is 4.25. The minimum atomic E-state index is -0.377. The molecule has 0 saturated carbocycles.